The average Bonchev–Trinajstić information content (AvgIpc) is 3.20. The predicted octanol–water partition coefficient (Wildman–Crippen LogP) is 3.39. The van der Waals surface area contributed by atoms with E-state index in [-0.39, 0.29) is 0 Å². The Morgan fingerprint density at radius 3 is 2.95 bits per heavy atom. The van der Waals surface area contributed by atoms with Crippen LogP contribution in [0, 0.1) is 0 Å². The lowest BCUT2D eigenvalue weighted by molar-refractivity contribution is 0.399. The fraction of sp³-hybridized carbons (Fsp3) is 0.562. The van der Waals surface area contributed by atoms with Crippen molar-refractivity contribution in [3.05, 3.63) is 29.7 Å². The summed E-state index contributed by atoms with van der Waals surface area (Å²) >= 11 is 0. The Bertz CT molecular complexity index is 579. The van der Waals surface area contributed by atoms with Crippen LogP contribution >= 0.6 is 0 Å². The van der Waals surface area contributed by atoms with Crippen LogP contribution in [0.25, 0.3) is 11.1 Å². The summed E-state index contributed by atoms with van der Waals surface area (Å²) in [5.41, 5.74) is 3.36. The Morgan fingerprint density at radius 1 is 1.21 bits per heavy atom. The summed E-state index contributed by atoms with van der Waals surface area (Å²) in [7, 11) is 0. The average molecular weight is 256 g/mol. The van der Waals surface area contributed by atoms with Gasteiger partial charge in [-0.15, -0.1) is 0 Å². The minimum absolute atomic E-state index is 0.593. The van der Waals surface area contributed by atoms with Crippen molar-refractivity contribution >= 4 is 11.1 Å². The van der Waals surface area contributed by atoms with Crippen LogP contribution in [-0.2, 0) is 6.42 Å². The molecule has 100 valence electrons. The summed E-state index contributed by atoms with van der Waals surface area (Å²) in [6, 6.07) is 7.13. The molecule has 2 fully saturated rings. The van der Waals surface area contributed by atoms with Gasteiger partial charge >= 0.3 is 0 Å². The number of oxazole rings is 1. The molecule has 2 aromatic rings. The summed E-state index contributed by atoms with van der Waals surface area (Å²) in [5.74, 6) is 1.54. The lowest BCUT2D eigenvalue weighted by Crippen LogP contribution is -2.35. The maximum atomic E-state index is 5.81. The van der Waals surface area contributed by atoms with E-state index in [1.165, 1.54) is 44.2 Å². The summed E-state index contributed by atoms with van der Waals surface area (Å²) in [6.07, 6.45) is 7.57. The quantitative estimate of drug-likeness (QED) is 0.914. The fourth-order valence-electron chi connectivity index (χ4n) is 3.01. The number of piperidine rings is 1. The Labute approximate surface area is 113 Å². The molecule has 1 aromatic carbocycles. The van der Waals surface area contributed by atoms with Crippen LogP contribution < -0.4 is 5.32 Å². The SMILES string of the molecule is c1cc2oc(C3CC3)nc2cc1CC1CCCCN1. The van der Waals surface area contributed by atoms with Gasteiger partial charge in [0.05, 0.1) is 0 Å². The third-order valence-corrected chi connectivity index (χ3v) is 4.29. The highest BCUT2D eigenvalue weighted by molar-refractivity contribution is 5.73. The van der Waals surface area contributed by atoms with Gasteiger partial charge in [0.25, 0.3) is 0 Å². The van der Waals surface area contributed by atoms with Gasteiger partial charge in [0.2, 0.25) is 0 Å². The minimum Gasteiger partial charge on any atom is -0.440 e. The van der Waals surface area contributed by atoms with E-state index in [1.807, 2.05) is 0 Å². The summed E-state index contributed by atoms with van der Waals surface area (Å²) in [4.78, 5) is 4.64. The molecule has 1 saturated heterocycles. The van der Waals surface area contributed by atoms with E-state index in [0.29, 0.717) is 12.0 Å². The van der Waals surface area contributed by atoms with E-state index in [1.54, 1.807) is 0 Å². The maximum Gasteiger partial charge on any atom is 0.198 e. The highest BCUT2D eigenvalue weighted by atomic mass is 16.3. The third-order valence-electron chi connectivity index (χ3n) is 4.29. The van der Waals surface area contributed by atoms with Crippen LogP contribution in [0.1, 0.15) is 49.5 Å². The van der Waals surface area contributed by atoms with E-state index in [4.69, 9.17) is 4.42 Å². The molecule has 0 amide bonds. The Kier molecular flexibility index (Phi) is 2.80. The van der Waals surface area contributed by atoms with Crippen molar-refractivity contribution < 1.29 is 4.42 Å². The molecule has 1 aliphatic carbocycles. The van der Waals surface area contributed by atoms with Crippen molar-refractivity contribution in [2.24, 2.45) is 0 Å². The highest BCUT2D eigenvalue weighted by Gasteiger charge is 2.28. The molecule has 1 aliphatic heterocycles. The molecule has 4 rings (SSSR count). The summed E-state index contributed by atoms with van der Waals surface area (Å²) < 4.78 is 5.81. The highest BCUT2D eigenvalue weighted by Crippen LogP contribution is 2.40. The molecule has 2 heterocycles. The maximum absolute atomic E-state index is 5.81. The van der Waals surface area contributed by atoms with Crippen LogP contribution in [0.4, 0.5) is 0 Å². The zero-order valence-corrected chi connectivity index (χ0v) is 11.2. The minimum atomic E-state index is 0.593. The standard InChI is InChI=1S/C16H20N2O/c1-2-8-17-13(3-1)9-11-4-7-15-14(10-11)18-16(19-15)12-5-6-12/h4,7,10,12-13,17H,1-3,5-6,8-9H2. The van der Waals surface area contributed by atoms with Crippen molar-refractivity contribution in [3.8, 4) is 0 Å². The zero-order chi connectivity index (χ0) is 12.7. The first-order valence-corrected chi connectivity index (χ1v) is 7.51. The molecule has 0 bridgehead atoms. The lowest BCUT2D eigenvalue weighted by atomic mass is 9.98. The molecule has 1 aromatic heterocycles. The lowest BCUT2D eigenvalue weighted by Gasteiger charge is -2.23. The number of aromatic nitrogens is 1. The van der Waals surface area contributed by atoms with Gasteiger partial charge in [0.1, 0.15) is 5.52 Å². The molecule has 1 saturated carbocycles. The number of fused-ring (bicyclic) bond motifs is 1. The van der Waals surface area contributed by atoms with Gasteiger partial charge in [-0.2, -0.15) is 0 Å². The van der Waals surface area contributed by atoms with Gasteiger partial charge in [-0.05, 0) is 56.3 Å². The zero-order valence-electron chi connectivity index (χ0n) is 11.2. The first-order valence-electron chi connectivity index (χ1n) is 7.51. The van der Waals surface area contributed by atoms with Gasteiger partial charge < -0.3 is 9.73 Å². The molecule has 1 N–H and O–H groups in total. The van der Waals surface area contributed by atoms with Crippen molar-refractivity contribution in [1.29, 1.82) is 0 Å². The molecule has 1 atom stereocenters. The number of benzene rings is 1. The monoisotopic (exact) mass is 256 g/mol. The van der Waals surface area contributed by atoms with E-state index in [0.717, 1.165) is 23.4 Å². The normalized spacial score (nSPS) is 23.9. The van der Waals surface area contributed by atoms with E-state index < -0.39 is 0 Å². The molecule has 1 unspecified atom stereocenters. The van der Waals surface area contributed by atoms with E-state index >= 15 is 0 Å². The van der Waals surface area contributed by atoms with Crippen LogP contribution in [0.15, 0.2) is 22.6 Å². The Hall–Kier alpha value is -1.35. The van der Waals surface area contributed by atoms with Gasteiger partial charge in [0.15, 0.2) is 11.5 Å². The van der Waals surface area contributed by atoms with Crippen LogP contribution in [-0.4, -0.2) is 17.6 Å². The molecule has 0 spiro atoms. The third kappa shape index (κ3) is 2.39. The second-order valence-corrected chi connectivity index (χ2v) is 5.98. The smallest absolute Gasteiger partial charge is 0.198 e. The van der Waals surface area contributed by atoms with Crippen molar-refractivity contribution in [1.82, 2.24) is 10.3 Å². The van der Waals surface area contributed by atoms with Crippen LogP contribution in [0.2, 0.25) is 0 Å². The number of hydrogen-bond donors (Lipinski definition) is 1. The molecule has 3 nitrogen and oxygen atoms in total. The summed E-state index contributed by atoms with van der Waals surface area (Å²) in [5, 5.41) is 3.61. The first kappa shape index (κ1) is 11.5. The van der Waals surface area contributed by atoms with Crippen molar-refractivity contribution in [3.63, 3.8) is 0 Å². The molecular weight excluding hydrogens is 236 g/mol. The molecule has 0 radical (unpaired) electrons. The van der Waals surface area contributed by atoms with Gasteiger partial charge in [-0.1, -0.05) is 12.5 Å². The number of rotatable bonds is 3. The second-order valence-electron chi connectivity index (χ2n) is 5.98. The van der Waals surface area contributed by atoms with Crippen molar-refractivity contribution in [2.75, 3.05) is 6.54 Å². The Balaban J connectivity index is 1.56. The molecule has 3 heteroatoms. The van der Waals surface area contributed by atoms with Crippen LogP contribution in [0.3, 0.4) is 0 Å². The second kappa shape index (κ2) is 4.64. The Morgan fingerprint density at radius 2 is 2.16 bits per heavy atom. The number of nitrogens with zero attached hydrogens (tertiary/aromatic N) is 1. The summed E-state index contributed by atoms with van der Waals surface area (Å²) in [6.45, 7) is 1.17. The molecule has 2 aliphatic rings. The molecular formula is C16H20N2O. The van der Waals surface area contributed by atoms with E-state index in [2.05, 4.69) is 28.5 Å². The largest absolute Gasteiger partial charge is 0.440 e. The number of nitrogens with one attached hydrogen (secondary N) is 1. The van der Waals surface area contributed by atoms with Crippen molar-refractivity contribution in [2.45, 2.75) is 50.5 Å². The van der Waals surface area contributed by atoms with E-state index in [9.17, 15) is 0 Å². The van der Waals surface area contributed by atoms with Gasteiger partial charge in [0, 0.05) is 12.0 Å². The predicted molar refractivity (Wildman–Crippen MR) is 75.3 cm³/mol. The fourth-order valence-corrected chi connectivity index (χ4v) is 3.01. The van der Waals surface area contributed by atoms with Gasteiger partial charge in [-0.3, -0.25) is 0 Å². The number of hydrogen-bond acceptors (Lipinski definition) is 3. The first-order chi connectivity index (χ1) is 9.38. The molecule has 19 heavy (non-hydrogen) atoms. The topological polar surface area (TPSA) is 38.1 Å². The van der Waals surface area contributed by atoms with Gasteiger partial charge in [-0.25, -0.2) is 4.98 Å². The van der Waals surface area contributed by atoms with Crippen LogP contribution in [0.5, 0.6) is 0 Å².